The third kappa shape index (κ3) is 3.39. The molecule has 2 nitrogen and oxygen atoms in total. The van der Waals surface area contributed by atoms with Crippen molar-refractivity contribution in [2.75, 3.05) is 0 Å². The highest BCUT2D eigenvalue weighted by atomic mass is 32.2. The molecule has 0 bridgehead atoms. The zero-order chi connectivity index (χ0) is 12.1. The minimum atomic E-state index is -0.725. The molecule has 1 aliphatic carbocycles. The van der Waals surface area contributed by atoms with Crippen LogP contribution in [0.15, 0.2) is 24.3 Å². The van der Waals surface area contributed by atoms with Crippen molar-refractivity contribution in [2.24, 2.45) is 5.73 Å². The van der Waals surface area contributed by atoms with E-state index in [9.17, 15) is 4.21 Å². The minimum Gasteiger partial charge on any atom is -0.326 e. The Morgan fingerprint density at radius 1 is 1.12 bits per heavy atom. The SMILES string of the molecule is NCc1ccccc1CS(=O)C1CCCCC1. The first-order chi connectivity index (χ1) is 8.31. The zero-order valence-corrected chi connectivity index (χ0v) is 11.0. The largest absolute Gasteiger partial charge is 0.326 e. The third-order valence-electron chi connectivity index (χ3n) is 3.56. The van der Waals surface area contributed by atoms with Gasteiger partial charge in [-0.2, -0.15) is 0 Å². The van der Waals surface area contributed by atoms with Gasteiger partial charge in [-0.05, 0) is 24.0 Å². The monoisotopic (exact) mass is 251 g/mol. The van der Waals surface area contributed by atoms with Gasteiger partial charge in [-0.15, -0.1) is 0 Å². The Hall–Kier alpha value is -0.670. The van der Waals surface area contributed by atoms with Crippen LogP contribution in [-0.4, -0.2) is 9.46 Å². The number of hydrogen-bond acceptors (Lipinski definition) is 2. The third-order valence-corrected chi connectivity index (χ3v) is 5.37. The van der Waals surface area contributed by atoms with Gasteiger partial charge in [0.05, 0.1) is 0 Å². The summed E-state index contributed by atoms with van der Waals surface area (Å²) in [4.78, 5) is 0. The Morgan fingerprint density at radius 2 is 1.76 bits per heavy atom. The molecular formula is C14H21NOS. The summed E-state index contributed by atoms with van der Waals surface area (Å²) in [5, 5.41) is 0.412. The summed E-state index contributed by atoms with van der Waals surface area (Å²) in [6.07, 6.45) is 6.08. The molecule has 0 aromatic heterocycles. The molecule has 0 aliphatic heterocycles. The first kappa shape index (κ1) is 12.8. The van der Waals surface area contributed by atoms with Crippen LogP contribution >= 0.6 is 0 Å². The Bertz CT molecular complexity index is 386. The van der Waals surface area contributed by atoms with Crippen molar-refractivity contribution in [3.05, 3.63) is 35.4 Å². The smallest absolute Gasteiger partial charge is 0.0491 e. The van der Waals surface area contributed by atoms with E-state index in [0.717, 1.165) is 18.4 Å². The van der Waals surface area contributed by atoms with Crippen LogP contribution in [-0.2, 0) is 23.1 Å². The van der Waals surface area contributed by atoms with Crippen molar-refractivity contribution in [3.8, 4) is 0 Å². The fourth-order valence-corrected chi connectivity index (χ4v) is 4.18. The molecule has 1 aromatic carbocycles. The highest BCUT2D eigenvalue weighted by Gasteiger charge is 2.20. The van der Waals surface area contributed by atoms with Crippen LogP contribution in [0.2, 0.25) is 0 Å². The number of nitrogens with two attached hydrogens (primary N) is 1. The van der Waals surface area contributed by atoms with Gasteiger partial charge < -0.3 is 5.73 Å². The maximum Gasteiger partial charge on any atom is 0.0491 e. The van der Waals surface area contributed by atoms with Crippen LogP contribution < -0.4 is 5.73 Å². The van der Waals surface area contributed by atoms with E-state index in [2.05, 4.69) is 6.07 Å². The average Bonchev–Trinajstić information content (AvgIpc) is 2.40. The topological polar surface area (TPSA) is 43.1 Å². The molecule has 1 fully saturated rings. The van der Waals surface area contributed by atoms with Crippen LogP contribution in [0, 0.1) is 0 Å². The predicted molar refractivity (Wildman–Crippen MR) is 73.1 cm³/mol. The summed E-state index contributed by atoms with van der Waals surface area (Å²) < 4.78 is 12.3. The number of benzene rings is 1. The summed E-state index contributed by atoms with van der Waals surface area (Å²) in [5.41, 5.74) is 8.01. The van der Waals surface area contributed by atoms with Gasteiger partial charge in [-0.1, -0.05) is 43.5 Å². The van der Waals surface area contributed by atoms with Crippen molar-refractivity contribution < 1.29 is 4.21 Å². The molecule has 0 radical (unpaired) electrons. The maximum absolute atomic E-state index is 12.3. The van der Waals surface area contributed by atoms with E-state index < -0.39 is 10.8 Å². The molecule has 17 heavy (non-hydrogen) atoms. The molecule has 1 atom stereocenters. The quantitative estimate of drug-likeness (QED) is 0.894. The molecule has 1 saturated carbocycles. The lowest BCUT2D eigenvalue weighted by atomic mass is 10.0. The molecule has 0 saturated heterocycles. The summed E-state index contributed by atoms with van der Waals surface area (Å²) in [5.74, 6) is 0.679. The molecule has 0 heterocycles. The number of hydrogen-bond donors (Lipinski definition) is 1. The second-order valence-electron chi connectivity index (χ2n) is 4.76. The highest BCUT2D eigenvalue weighted by molar-refractivity contribution is 7.84. The van der Waals surface area contributed by atoms with E-state index in [-0.39, 0.29) is 0 Å². The Balaban J connectivity index is 2.01. The summed E-state index contributed by atoms with van der Waals surface area (Å²) >= 11 is 0. The van der Waals surface area contributed by atoms with E-state index in [0.29, 0.717) is 17.5 Å². The lowest BCUT2D eigenvalue weighted by molar-refractivity contribution is 0.504. The first-order valence-electron chi connectivity index (χ1n) is 6.45. The van der Waals surface area contributed by atoms with Gasteiger partial charge in [-0.25, -0.2) is 0 Å². The molecule has 94 valence electrons. The fraction of sp³-hybridized carbons (Fsp3) is 0.571. The molecule has 1 aliphatic rings. The van der Waals surface area contributed by atoms with Gasteiger partial charge in [0.1, 0.15) is 0 Å². The van der Waals surface area contributed by atoms with E-state index in [1.165, 1.54) is 24.8 Å². The first-order valence-corrected chi connectivity index (χ1v) is 7.83. The van der Waals surface area contributed by atoms with Crippen molar-refractivity contribution in [3.63, 3.8) is 0 Å². The van der Waals surface area contributed by atoms with Gasteiger partial charge in [0.15, 0.2) is 0 Å². The lowest BCUT2D eigenvalue weighted by Gasteiger charge is -2.21. The van der Waals surface area contributed by atoms with E-state index >= 15 is 0 Å². The summed E-state index contributed by atoms with van der Waals surface area (Å²) in [6, 6.07) is 8.10. The van der Waals surface area contributed by atoms with Crippen LogP contribution in [0.25, 0.3) is 0 Å². The second kappa shape index (κ2) is 6.31. The van der Waals surface area contributed by atoms with Gasteiger partial charge in [0.2, 0.25) is 0 Å². The van der Waals surface area contributed by atoms with E-state index in [1.54, 1.807) is 0 Å². The molecule has 2 N–H and O–H groups in total. The maximum atomic E-state index is 12.3. The Kier molecular flexibility index (Phi) is 4.75. The number of rotatable bonds is 4. The normalized spacial score (nSPS) is 19.1. The van der Waals surface area contributed by atoms with Gasteiger partial charge >= 0.3 is 0 Å². The van der Waals surface area contributed by atoms with Crippen molar-refractivity contribution in [1.82, 2.24) is 0 Å². The Morgan fingerprint density at radius 3 is 2.41 bits per heavy atom. The lowest BCUT2D eigenvalue weighted by Crippen LogP contribution is -2.20. The van der Waals surface area contributed by atoms with Crippen LogP contribution in [0.5, 0.6) is 0 Å². The van der Waals surface area contributed by atoms with Gasteiger partial charge in [-0.3, -0.25) is 4.21 Å². The molecule has 0 spiro atoms. The predicted octanol–water partition coefficient (Wildman–Crippen LogP) is 2.73. The highest BCUT2D eigenvalue weighted by Crippen LogP contribution is 2.24. The fourth-order valence-electron chi connectivity index (χ4n) is 2.50. The van der Waals surface area contributed by atoms with Crippen molar-refractivity contribution in [1.29, 1.82) is 0 Å². The molecule has 2 rings (SSSR count). The summed E-state index contributed by atoms with van der Waals surface area (Å²) in [6.45, 7) is 0.540. The van der Waals surface area contributed by atoms with E-state index in [4.69, 9.17) is 5.73 Å². The second-order valence-corrected chi connectivity index (χ2v) is 6.47. The molecule has 0 amide bonds. The molecular weight excluding hydrogens is 230 g/mol. The van der Waals surface area contributed by atoms with Crippen molar-refractivity contribution >= 4 is 10.8 Å². The Labute approximate surface area is 106 Å². The van der Waals surface area contributed by atoms with Gasteiger partial charge in [0.25, 0.3) is 0 Å². The summed E-state index contributed by atoms with van der Waals surface area (Å²) in [7, 11) is -0.725. The average molecular weight is 251 g/mol. The molecule has 1 unspecified atom stereocenters. The molecule has 3 heteroatoms. The minimum absolute atomic E-state index is 0.412. The standard InChI is InChI=1S/C14H21NOS/c15-10-12-6-4-5-7-13(12)11-17(16)14-8-2-1-3-9-14/h4-7,14H,1-3,8-11,15H2. The van der Waals surface area contributed by atoms with Crippen LogP contribution in [0.3, 0.4) is 0 Å². The van der Waals surface area contributed by atoms with Crippen molar-refractivity contribution in [2.45, 2.75) is 49.7 Å². The zero-order valence-electron chi connectivity index (χ0n) is 10.2. The van der Waals surface area contributed by atoms with Crippen LogP contribution in [0.1, 0.15) is 43.2 Å². The van der Waals surface area contributed by atoms with E-state index in [1.807, 2.05) is 18.2 Å². The van der Waals surface area contributed by atoms with Gasteiger partial charge in [0, 0.05) is 28.3 Å². The molecule has 1 aromatic rings. The van der Waals surface area contributed by atoms with Crippen LogP contribution in [0.4, 0.5) is 0 Å².